The highest BCUT2D eigenvalue weighted by atomic mass is 16.4. The molecular weight excluding hydrogens is 176 g/mol. The van der Waals surface area contributed by atoms with Gasteiger partial charge in [-0.3, -0.25) is 9.59 Å². The fourth-order valence-corrected chi connectivity index (χ4v) is 0.719. The van der Waals surface area contributed by atoms with Crippen molar-refractivity contribution in [1.29, 1.82) is 0 Å². The molecule has 3 N–H and O–H groups in total. The number of aliphatic carboxylic acids is 1. The first-order valence-electron chi connectivity index (χ1n) is 3.76. The molecular formula is C7H12N2O4. The molecule has 0 saturated carbocycles. The topological polar surface area (TPSA) is 95.5 Å². The van der Waals surface area contributed by atoms with Crippen molar-refractivity contribution in [3.63, 3.8) is 0 Å². The van der Waals surface area contributed by atoms with E-state index >= 15 is 0 Å². The molecule has 13 heavy (non-hydrogen) atoms. The van der Waals surface area contributed by atoms with E-state index in [0.29, 0.717) is 6.54 Å². The maximum atomic E-state index is 11.0. The first-order chi connectivity index (χ1) is 5.99. The van der Waals surface area contributed by atoms with E-state index in [1.807, 2.05) is 5.32 Å². The molecule has 6 heteroatoms. The SMILES string of the molecule is CCNC(=O)C(NC(C)=O)C(=O)O. The number of carbonyl (C=O) groups excluding carboxylic acids is 2. The zero-order valence-electron chi connectivity index (χ0n) is 7.46. The molecule has 0 rings (SSSR count). The Morgan fingerprint density at radius 2 is 1.92 bits per heavy atom. The van der Waals surface area contributed by atoms with E-state index in [1.165, 1.54) is 0 Å². The van der Waals surface area contributed by atoms with Crippen LogP contribution in [0.15, 0.2) is 0 Å². The quantitative estimate of drug-likeness (QED) is 0.478. The van der Waals surface area contributed by atoms with Gasteiger partial charge in [-0.2, -0.15) is 0 Å². The zero-order chi connectivity index (χ0) is 10.4. The van der Waals surface area contributed by atoms with Crippen molar-refractivity contribution < 1.29 is 19.5 Å². The van der Waals surface area contributed by atoms with Crippen molar-refractivity contribution in [2.24, 2.45) is 0 Å². The highest BCUT2D eigenvalue weighted by molar-refractivity contribution is 6.03. The van der Waals surface area contributed by atoms with Gasteiger partial charge in [-0.1, -0.05) is 0 Å². The van der Waals surface area contributed by atoms with E-state index in [4.69, 9.17) is 5.11 Å². The number of carboxylic acid groups (broad SMARTS) is 1. The Hall–Kier alpha value is -1.59. The number of rotatable bonds is 4. The second kappa shape index (κ2) is 5.13. The maximum Gasteiger partial charge on any atom is 0.336 e. The molecule has 0 fully saturated rings. The first kappa shape index (κ1) is 11.4. The second-order valence-corrected chi connectivity index (χ2v) is 2.37. The van der Waals surface area contributed by atoms with Gasteiger partial charge in [0.05, 0.1) is 0 Å². The van der Waals surface area contributed by atoms with Crippen LogP contribution < -0.4 is 10.6 Å². The van der Waals surface area contributed by atoms with Crippen molar-refractivity contribution in [2.75, 3.05) is 6.54 Å². The Bertz CT molecular complexity index is 227. The lowest BCUT2D eigenvalue weighted by Gasteiger charge is -2.11. The van der Waals surface area contributed by atoms with Crippen LogP contribution in [-0.4, -0.2) is 35.5 Å². The number of carbonyl (C=O) groups is 3. The van der Waals surface area contributed by atoms with Crippen LogP contribution in [0.3, 0.4) is 0 Å². The van der Waals surface area contributed by atoms with Gasteiger partial charge in [0.15, 0.2) is 0 Å². The van der Waals surface area contributed by atoms with Gasteiger partial charge in [0.1, 0.15) is 0 Å². The number of amides is 2. The highest BCUT2D eigenvalue weighted by Crippen LogP contribution is 1.84. The Balaban J connectivity index is 4.32. The van der Waals surface area contributed by atoms with Crippen molar-refractivity contribution >= 4 is 17.8 Å². The first-order valence-corrected chi connectivity index (χ1v) is 3.76. The molecule has 74 valence electrons. The summed E-state index contributed by atoms with van der Waals surface area (Å²) in [5, 5.41) is 12.9. The van der Waals surface area contributed by atoms with Crippen molar-refractivity contribution in [1.82, 2.24) is 10.6 Å². The van der Waals surface area contributed by atoms with Gasteiger partial charge in [0.2, 0.25) is 11.9 Å². The number of likely N-dealkylation sites (N-methyl/N-ethyl adjacent to an activating group) is 1. The number of hydrogen-bond donors (Lipinski definition) is 3. The number of hydrogen-bond acceptors (Lipinski definition) is 3. The Morgan fingerprint density at radius 1 is 1.38 bits per heavy atom. The summed E-state index contributed by atoms with van der Waals surface area (Å²) in [4.78, 5) is 32.0. The van der Waals surface area contributed by atoms with E-state index in [2.05, 4.69) is 5.32 Å². The molecule has 0 heterocycles. The van der Waals surface area contributed by atoms with Crippen LogP contribution in [0.5, 0.6) is 0 Å². The van der Waals surface area contributed by atoms with Gasteiger partial charge in [-0.15, -0.1) is 0 Å². The van der Waals surface area contributed by atoms with Crippen molar-refractivity contribution in [2.45, 2.75) is 19.9 Å². The van der Waals surface area contributed by atoms with Crippen LogP contribution in [0.4, 0.5) is 0 Å². The van der Waals surface area contributed by atoms with Crippen molar-refractivity contribution in [3.8, 4) is 0 Å². The molecule has 0 bridgehead atoms. The fraction of sp³-hybridized carbons (Fsp3) is 0.571. The molecule has 0 spiro atoms. The summed E-state index contributed by atoms with van der Waals surface area (Å²) in [6.45, 7) is 3.13. The predicted octanol–water partition coefficient (Wildman–Crippen LogP) is -1.29. The average molecular weight is 188 g/mol. The number of nitrogens with one attached hydrogen (secondary N) is 2. The molecule has 2 amide bonds. The normalized spacial score (nSPS) is 11.5. The largest absolute Gasteiger partial charge is 0.479 e. The molecule has 0 aliphatic rings. The van der Waals surface area contributed by atoms with E-state index in [9.17, 15) is 14.4 Å². The summed E-state index contributed by atoms with van der Waals surface area (Å²) in [5.41, 5.74) is 0. The van der Waals surface area contributed by atoms with Gasteiger partial charge < -0.3 is 15.7 Å². The standard InChI is InChI=1S/C7H12N2O4/c1-3-8-6(11)5(7(12)13)9-4(2)10/h5H,3H2,1-2H3,(H,8,11)(H,9,10)(H,12,13). The third kappa shape index (κ3) is 4.09. The maximum absolute atomic E-state index is 11.0. The van der Waals surface area contributed by atoms with E-state index in [1.54, 1.807) is 6.92 Å². The number of carboxylic acids is 1. The van der Waals surface area contributed by atoms with Crippen LogP contribution in [-0.2, 0) is 14.4 Å². The minimum absolute atomic E-state index is 0.322. The Labute approximate surface area is 75.3 Å². The zero-order valence-corrected chi connectivity index (χ0v) is 7.46. The van der Waals surface area contributed by atoms with Crippen LogP contribution in [0, 0.1) is 0 Å². The summed E-state index contributed by atoms with van der Waals surface area (Å²) >= 11 is 0. The molecule has 0 aromatic heterocycles. The molecule has 0 aliphatic heterocycles. The lowest BCUT2D eigenvalue weighted by molar-refractivity contribution is -0.146. The van der Waals surface area contributed by atoms with Gasteiger partial charge >= 0.3 is 5.97 Å². The minimum atomic E-state index is -1.50. The van der Waals surface area contributed by atoms with Gasteiger partial charge in [-0.25, -0.2) is 4.79 Å². The van der Waals surface area contributed by atoms with Crippen molar-refractivity contribution in [3.05, 3.63) is 0 Å². The van der Waals surface area contributed by atoms with Gasteiger partial charge in [-0.05, 0) is 6.92 Å². The van der Waals surface area contributed by atoms with Crippen LogP contribution in [0.1, 0.15) is 13.8 Å². The molecule has 6 nitrogen and oxygen atoms in total. The molecule has 0 saturated heterocycles. The summed E-state index contributed by atoms with van der Waals surface area (Å²) < 4.78 is 0. The van der Waals surface area contributed by atoms with E-state index in [-0.39, 0.29) is 0 Å². The monoisotopic (exact) mass is 188 g/mol. The fourth-order valence-electron chi connectivity index (χ4n) is 0.719. The molecule has 0 aromatic carbocycles. The summed E-state index contributed by atoms with van der Waals surface area (Å²) in [5.74, 6) is -2.65. The van der Waals surface area contributed by atoms with E-state index < -0.39 is 23.8 Å². The van der Waals surface area contributed by atoms with Crippen LogP contribution >= 0.6 is 0 Å². The predicted molar refractivity (Wildman–Crippen MR) is 43.9 cm³/mol. The average Bonchev–Trinajstić information content (AvgIpc) is 1.99. The summed E-state index contributed by atoms with van der Waals surface area (Å²) in [6.07, 6.45) is 0. The molecule has 0 aromatic rings. The smallest absolute Gasteiger partial charge is 0.336 e. The van der Waals surface area contributed by atoms with Crippen LogP contribution in [0.25, 0.3) is 0 Å². The minimum Gasteiger partial charge on any atom is -0.479 e. The molecule has 0 radical (unpaired) electrons. The highest BCUT2D eigenvalue weighted by Gasteiger charge is 2.25. The van der Waals surface area contributed by atoms with E-state index in [0.717, 1.165) is 6.92 Å². The van der Waals surface area contributed by atoms with Gasteiger partial charge in [0, 0.05) is 13.5 Å². The van der Waals surface area contributed by atoms with Gasteiger partial charge in [0.25, 0.3) is 5.91 Å². The summed E-state index contributed by atoms with van der Waals surface area (Å²) in [7, 11) is 0. The Morgan fingerprint density at radius 3 is 2.23 bits per heavy atom. The second-order valence-electron chi connectivity index (χ2n) is 2.37. The Kier molecular flexibility index (Phi) is 4.50. The molecule has 1 unspecified atom stereocenters. The lowest BCUT2D eigenvalue weighted by Crippen LogP contribution is -2.50. The third-order valence-electron chi connectivity index (χ3n) is 1.21. The molecule has 1 atom stereocenters. The third-order valence-corrected chi connectivity index (χ3v) is 1.21. The lowest BCUT2D eigenvalue weighted by atomic mass is 10.2. The summed E-state index contributed by atoms with van der Waals surface area (Å²) in [6, 6.07) is -1.50. The van der Waals surface area contributed by atoms with Crippen LogP contribution in [0.2, 0.25) is 0 Å². The molecule has 0 aliphatic carbocycles.